The normalized spacial score (nSPS) is 10.8. The number of rotatable bonds is 13. The molecule has 0 spiro atoms. The van der Waals surface area contributed by atoms with Gasteiger partial charge >= 0.3 is 0 Å². The van der Waals surface area contributed by atoms with E-state index in [1.165, 1.54) is 0 Å². The molecule has 0 radical (unpaired) electrons. The number of ketones is 1. The van der Waals surface area contributed by atoms with Gasteiger partial charge in [0, 0.05) is 11.1 Å². The van der Waals surface area contributed by atoms with Crippen LogP contribution in [0.15, 0.2) is 60.9 Å². The van der Waals surface area contributed by atoms with Crippen LogP contribution in [0, 0.1) is 0 Å². The van der Waals surface area contributed by atoms with Crippen molar-refractivity contribution >= 4 is 11.9 Å². The van der Waals surface area contributed by atoms with Gasteiger partial charge in [-0.05, 0) is 74.4 Å². The van der Waals surface area contributed by atoms with Gasteiger partial charge in [-0.1, -0.05) is 33.3 Å². The molecule has 30 heavy (non-hydrogen) atoms. The molecular formula is C26H32O4. The van der Waals surface area contributed by atoms with E-state index in [0.29, 0.717) is 30.3 Å². The predicted octanol–water partition coefficient (Wildman–Crippen LogP) is 6.85. The largest absolute Gasteiger partial charge is 0.494 e. The molecule has 0 aromatic heterocycles. The number of benzene rings is 2. The Bertz CT molecular complexity index is 850. The van der Waals surface area contributed by atoms with E-state index in [-0.39, 0.29) is 5.78 Å². The van der Waals surface area contributed by atoms with Crippen molar-refractivity contribution in [2.75, 3.05) is 13.2 Å². The van der Waals surface area contributed by atoms with Crippen LogP contribution in [0.4, 0.5) is 0 Å². The minimum atomic E-state index is -0.0892. The lowest BCUT2D eigenvalue weighted by Gasteiger charge is -2.12. The molecular weight excluding hydrogens is 376 g/mol. The van der Waals surface area contributed by atoms with Crippen molar-refractivity contribution in [3.05, 3.63) is 72.0 Å². The lowest BCUT2D eigenvalue weighted by Crippen LogP contribution is -2.01. The van der Waals surface area contributed by atoms with E-state index in [9.17, 15) is 4.79 Å². The van der Waals surface area contributed by atoms with Crippen LogP contribution in [0.2, 0.25) is 0 Å². The topological polar surface area (TPSA) is 44.8 Å². The number of ether oxygens (including phenoxy) is 3. The molecule has 0 aliphatic rings. The Morgan fingerprint density at radius 1 is 0.933 bits per heavy atom. The third kappa shape index (κ3) is 7.78. The summed E-state index contributed by atoms with van der Waals surface area (Å²) in [5.41, 5.74) is 1.42. The molecule has 160 valence electrons. The Morgan fingerprint density at radius 2 is 1.57 bits per heavy atom. The maximum atomic E-state index is 12.6. The zero-order valence-electron chi connectivity index (χ0n) is 18.3. The van der Waals surface area contributed by atoms with E-state index in [1.54, 1.807) is 43.3 Å². The zero-order chi connectivity index (χ0) is 21.8. The fourth-order valence-corrected chi connectivity index (χ4v) is 2.69. The minimum absolute atomic E-state index is 0.0892. The lowest BCUT2D eigenvalue weighted by atomic mass is 10.1. The molecule has 0 saturated carbocycles. The molecule has 0 atom stereocenters. The SMILES string of the molecule is C=C(C)Oc1ccc(C(=O)C=Cc2cc(OCCCC)ccc2OCCCC)cc1. The third-order valence-electron chi connectivity index (χ3n) is 4.35. The monoisotopic (exact) mass is 408 g/mol. The number of carbonyl (C=O) groups excluding carboxylic acids is 1. The van der Waals surface area contributed by atoms with Gasteiger partial charge in [-0.15, -0.1) is 0 Å². The third-order valence-corrected chi connectivity index (χ3v) is 4.35. The molecule has 2 aromatic carbocycles. The first-order chi connectivity index (χ1) is 14.5. The highest BCUT2D eigenvalue weighted by molar-refractivity contribution is 6.07. The average Bonchev–Trinajstić information content (AvgIpc) is 2.73. The van der Waals surface area contributed by atoms with Gasteiger partial charge in [-0.3, -0.25) is 4.79 Å². The van der Waals surface area contributed by atoms with Gasteiger partial charge in [0.25, 0.3) is 0 Å². The van der Waals surface area contributed by atoms with Gasteiger partial charge < -0.3 is 14.2 Å². The van der Waals surface area contributed by atoms with E-state index in [1.807, 2.05) is 18.2 Å². The fourth-order valence-electron chi connectivity index (χ4n) is 2.69. The molecule has 0 amide bonds. The highest BCUT2D eigenvalue weighted by atomic mass is 16.5. The first-order valence-corrected chi connectivity index (χ1v) is 10.6. The summed E-state index contributed by atoms with van der Waals surface area (Å²) < 4.78 is 17.2. The van der Waals surface area contributed by atoms with Gasteiger partial charge in [-0.25, -0.2) is 0 Å². The second-order valence-electron chi connectivity index (χ2n) is 7.13. The van der Waals surface area contributed by atoms with Gasteiger partial charge in [0.05, 0.1) is 19.0 Å². The van der Waals surface area contributed by atoms with Crippen molar-refractivity contribution in [2.45, 2.75) is 46.5 Å². The Balaban J connectivity index is 2.15. The smallest absolute Gasteiger partial charge is 0.185 e. The van der Waals surface area contributed by atoms with Crippen molar-refractivity contribution in [1.82, 2.24) is 0 Å². The standard InChI is InChI=1S/C26H32O4/c1-5-7-17-28-24-14-16-26(29-18-8-6-2)22(19-24)11-15-25(27)21-9-12-23(13-10-21)30-20(3)4/h9-16,19H,3,5-8,17-18H2,1-2,4H3. The average molecular weight is 409 g/mol. The molecule has 2 rings (SSSR count). The summed E-state index contributed by atoms with van der Waals surface area (Å²) in [5.74, 6) is 2.70. The molecule has 0 saturated heterocycles. The zero-order valence-corrected chi connectivity index (χ0v) is 18.3. The summed E-state index contributed by atoms with van der Waals surface area (Å²) in [6.45, 7) is 11.1. The molecule has 4 heteroatoms. The summed E-state index contributed by atoms with van der Waals surface area (Å²) in [6, 6.07) is 12.8. The van der Waals surface area contributed by atoms with Crippen LogP contribution < -0.4 is 14.2 Å². The van der Waals surface area contributed by atoms with Crippen LogP contribution in [-0.4, -0.2) is 19.0 Å². The molecule has 0 heterocycles. The molecule has 0 aliphatic heterocycles. The highest BCUT2D eigenvalue weighted by Gasteiger charge is 2.07. The Hall–Kier alpha value is -3.01. The maximum Gasteiger partial charge on any atom is 0.185 e. The van der Waals surface area contributed by atoms with Crippen LogP contribution in [0.3, 0.4) is 0 Å². The predicted molar refractivity (Wildman–Crippen MR) is 122 cm³/mol. The Morgan fingerprint density at radius 3 is 2.20 bits per heavy atom. The Labute approximate surface area is 180 Å². The number of unbranched alkanes of at least 4 members (excludes halogenated alkanes) is 2. The van der Waals surface area contributed by atoms with E-state index in [2.05, 4.69) is 20.4 Å². The van der Waals surface area contributed by atoms with Crippen molar-refractivity contribution in [1.29, 1.82) is 0 Å². The van der Waals surface area contributed by atoms with Crippen molar-refractivity contribution in [3.63, 3.8) is 0 Å². The number of allylic oxidation sites excluding steroid dienone is 2. The molecule has 4 nitrogen and oxygen atoms in total. The van der Waals surface area contributed by atoms with Crippen LogP contribution >= 0.6 is 0 Å². The van der Waals surface area contributed by atoms with Gasteiger partial charge in [0.2, 0.25) is 0 Å². The summed E-state index contributed by atoms with van der Waals surface area (Å²) in [7, 11) is 0. The summed E-state index contributed by atoms with van der Waals surface area (Å²) in [6.07, 6.45) is 7.47. The van der Waals surface area contributed by atoms with Crippen molar-refractivity contribution in [3.8, 4) is 17.2 Å². The molecule has 0 aliphatic carbocycles. The van der Waals surface area contributed by atoms with Gasteiger partial charge in [0.15, 0.2) is 5.78 Å². The van der Waals surface area contributed by atoms with E-state index >= 15 is 0 Å². The first-order valence-electron chi connectivity index (χ1n) is 10.6. The minimum Gasteiger partial charge on any atom is -0.494 e. The summed E-state index contributed by atoms with van der Waals surface area (Å²) in [4.78, 5) is 12.6. The van der Waals surface area contributed by atoms with E-state index in [0.717, 1.165) is 42.7 Å². The highest BCUT2D eigenvalue weighted by Crippen LogP contribution is 2.26. The summed E-state index contributed by atoms with van der Waals surface area (Å²) >= 11 is 0. The maximum absolute atomic E-state index is 12.6. The molecule has 2 aromatic rings. The molecule has 0 bridgehead atoms. The number of carbonyl (C=O) groups is 1. The van der Waals surface area contributed by atoms with Gasteiger partial charge in [0.1, 0.15) is 17.2 Å². The second kappa shape index (κ2) is 12.5. The van der Waals surface area contributed by atoms with Crippen LogP contribution in [0.25, 0.3) is 6.08 Å². The summed E-state index contributed by atoms with van der Waals surface area (Å²) in [5, 5.41) is 0. The van der Waals surface area contributed by atoms with Crippen LogP contribution in [-0.2, 0) is 0 Å². The quantitative estimate of drug-likeness (QED) is 0.157. The fraction of sp³-hybridized carbons (Fsp3) is 0.346. The molecule has 0 N–H and O–H groups in total. The van der Waals surface area contributed by atoms with E-state index in [4.69, 9.17) is 14.2 Å². The van der Waals surface area contributed by atoms with Crippen molar-refractivity contribution < 1.29 is 19.0 Å². The van der Waals surface area contributed by atoms with Gasteiger partial charge in [-0.2, -0.15) is 0 Å². The number of hydrogen-bond donors (Lipinski definition) is 0. The Kier molecular flexibility index (Phi) is 9.72. The lowest BCUT2D eigenvalue weighted by molar-refractivity contribution is 0.104. The van der Waals surface area contributed by atoms with E-state index < -0.39 is 0 Å². The number of hydrogen-bond acceptors (Lipinski definition) is 4. The van der Waals surface area contributed by atoms with Crippen molar-refractivity contribution in [2.24, 2.45) is 0 Å². The molecule has 0 fully saturated rings. The molecule has 0 unspecified atom stereocenters. The van der Waals surface area contributed by atoms with Crippen LogP contribution in [0.5, 0.6) is 17.2 Å². The second-order valence-corrected chi connectivity index (χ2v) is 7.13. The van der Waals surface area contributed by atoms with Crippen LogP contribution in [0.1, 0.15) is 62.4 Å². The first kappa shape index (κ1) is 23.3.